The van der Waals surface area contributed by atoms with Gasteiger partial charge in [0.2, 0.25) is 11.8 Å². The molecule has 1 aliphatic heterocycles. The molecule has 1 saturated carbocycles. The number of aliphatic carboxylic acids is 1. The highest BCUT2D eigenvalue weighted by molar-refractivity contribution is 6.04. The van der Waals surface area contributed by atoms with Crippen molar-refractivity contribution in [3.05, 3.63) is 35.9 Å². The van der Waals surface area contributed by atoms with Crippen LogP contribution in [0.5, 0.6) is 0 Å². The van der Waals surface area contributed by atoms with Gasteiger partial charge in [-0.3, -0.25) is 14.4 Å². The topological polar surface area (TPSA) is 86.7 Å². The van der Waals surface area contributed by atoms with Gasteiger partial charge in [0.05, 0.1) is 0 Å². The average Bonchev–Trinajstić information content (AvgIpc) is 3.43. The second kappa shape index (κ2) is 7.25. The molecule has 6 nitrogen and oxygen atoms in total. The number of nitrogens with zero attached hydrogens (tertiary/aromatic N) is 1. The number of carboxylic acid groups (broad SMARTS) is 1. The molecule has 1 saturated heterocycles. The van der Waals surface area contributed by atoms with Crippen LogP contribution in [0.4, 0.5) is 0 Å². The summed E-state index contributed by atoms with van der Waals surface area (Å²) in [6, 6.07) is 9.90. The number of aryl methyl sites for hydroxylation is 1. The Bertz CT molecular complexity index is 647. The van der Waals surface area contributed by atoms with E-state index >= 15 is 0 Å². The van der Waals surface area contributed by atoms with E-state index in [0.29, 0.717) is 45.2 Å². The highest BCUT2D eigenvalue weighted by Gasteiger charge is 2.57. The van der Waals surface area contributed by atoms with Crippen LogP contribution in [0, 0.1) is 5.41 Å². The number of piperidine rings is 1. The molecule has 0 spiro atoms. The van der Waals surface area contributed by atoms with Crippen molar-refractivity contribution in [2.45, 2.75) is 44.6 Å². The largest absolute Gasteiger partial charge is 0.480 e. The van der Waals surface area contributed by atoms with Gasteiger partial charge in [-0.25, -0.2) is 0 Å². The molecule has 2 N–H and O–H groups in total. The maximum Gasteiger partial charge on any atom is 0.319 e. The van der Waals surface area contributed by atoms with Crippen molar-refractivity contribution >= 4 is 17.8 Å². The first kappa shape index (κ1) is 17.5. The Morgan fingerprint density at radius 3 is 2.32 bits per heavy atom. The standard InChI is InChI=1S/C19H24N2O4/c22-16(7-6-14-4-2-1-3-5-14)21-12-8-15(9-13-21)20-17(23)19(10-11-19)18(24)25/h1-5,15H,6-13H2,(H,20,23)(H,24,25). The predicted octanol–water partition coefficient (Wildman–Crippen LogP) is 1.59. The van der Waals surface area contributed by atoms with Crippen LogP contribution in [0.2, 0.25) is 0 Å². The summed E-state index contributed by atoms with van der Waals surface area (Å²) in [5, 5.41) is 12.0. The lowest BCUT2D eigenvalue weighted by Crippen LogP contribution is -2.49. The van der Waals surface area contributed by atoms with Crippen molar-refractivity contribution in [1.82, 2.24) is 10.2 Å². The first-order chi connectivity index (χ1) is 12.0. The van der Waals surface area contributed by atoms with E-state index in [0.717, 1.165) is 12.0 Å². The fourth-order valence-corrected chi connectivity index (χ4v) is 3.31. The van der Waals surface area contributed by atoms with Gasteiger partial charge in [0.1, 0.15) is 5.41 Å². The zero-order chi connectivity index (χ0) is 17.9. The van der Waals surface area contributed by atoms with E-state index in [2.05, 4.69) is 5.32 Å². The number of hydrogen-bond acceptors (Lipinski definition) is 3. The number of hydrogen-bond donors (Lipinski definition) is 2. The normalized spacial score (nSPS) is 19.3. The van der Waals surface area contributed by atoms with Gasteiger partial charge in [-0.15, -0.1) is 0 Å². The lowest BCUT2D eigenvalue weighted by Gasteiger charge is -2.33. The van der Waals surface area contributed by atoms with Crippen molar-refractivity contribution in [3.63, 3.8) is 0 Å². The molecule has 134 valence electrons. The van der Waals surface area contributed by atoms with Crippen LogP contribution in [0.3, 0.4) is 0 Å². The Kier molecular flexibility index (Phi) is 5.06. The predicted molar refractivity (Wildman–Crippen MR) is 91.8 cm³/mol. The van der Waals surface area contributed by atoms with Crippen LogP contribution >= 0.6 is 0 Å². The minimum atomic E-state index is -1.19. The molecule has 2 aliphatic rings. The monoisotopic (exact) mass is 344 g/mol. The number of amides is 2. The molecule has 6 heteroatoms. The molecule has 0 atom stereocenters. The van der Waals surface area contributed by atoms with Gasteiger partial charge in [0.25, 0.3) is 0 Å². The third-order valence-electron chi connectivity index (χ3n) is 5.25. The highest BCUT2D eigenvalue weighted by Crippen LogP contribution is 2.46. The number of carbonyl (C=O) groups excluding carboxylic acids is 2. The fraction of sp³-hybridized carbons (Fsp3) is 0.526. The van der Waals surface area contributed by atoms with Crippen molar-refractivity contribution in [1.29, 1.82) is 0 Å². The summed E-state index contributed by atoms with van der Waals surface area (Å²) >= 11 is 0. The molecular weight excluding hydrogens is 320 g/mol. The Morgan fingerprint density at radius 2 is 1.76 bits per heavy atom. The maximum atomic E-state index is 12.3. The van der Waals surface area contributed by atoms with E-state index in [9.17, 15) is 14.4 Å². The molecule has 0 aromatic heterocycles. The van der Waals surface area contributed by atoms with E-state index in [-0.39, 0.29) is 17.9 Å². The Hall–Kier alpha value is -2.37. The first-order valence-electron chi connectivity index (χ1n) is 8.87. The van der Waals surface area contributed by atoms with E-state index in [4.69, 9.17) is 5.11 Å². The molecule has 1 aromatic rings. The SMILES string of the molecule is O=C(CCc1ccccc1)N1CCC(NC(=O)C2(C(=O)O)CC2)CC1. The molecule has 1 heterocycles. The van der Waals surface area contributed by atoms with Crippen LogP contribution in [0.15, 0.2) is 30.3 Å². The van der Waals surface area contributed by atoms with Gasteiger partial charge in [-0.2, -0.15) is 0 Å². The van der Waals surface area contributed by atoms with Gasteiger partial charge in [0, 0.05) is 25.6 Å². The van der Waals surface area contributed by atoms with Crippen LogP contribution in [-0.2, 0) is 20.8 Å². The summed E-state index contributed by atoms with van der Waals surface area (Å²) in [5.74, 6) is -1.26. The lowest BCUT2D eigenvalue weighted by molar-refractivity contribution is -0.149. The number of rotatable bonds is 6. The molecule has 0 radical (unpaired) electrons. The van der Waals surface area contributed by atoms with Gasteiger partial charge in [0.15, 0.2) is 0 Å². The molecule has 2 fully saturated rings. The van der Waals surface area contributed by atoms with E-state index in [1.807, 2.05) is 35.2 Å². The van der Waals surface area contributed by atoms with E-state index < -0.39 is 11.4 Å². The van der Waals surface area contributed by atoms with Crippen LogP contribution in [0.1, 0.15) is 37.7 Å². The second-order valence-electron chi connectivity index (χ2n) is 7.00. The molecule has 1 aliphatic carbocycles. The summed E-state index contributed by atoms with van der Waals surface area (Å²) < 4.78 is 0. The molecule has 0 bridgehead atoms. The van der Waals surface area contributed by atoms with Crippen molar-refractivity contribution in [3.8, 4) is 0 Å². The molecule has 2 amide bonds. The second-order valence-corrected chi connectivity index (χ2v) is 7.00. The smallest absolute Gasteiger partial charge is 0.319 e. The van der Waals surface area contributed by atoms with Gasteiger partial charge in [-0.05, 0) is 37.7 Å². The fourth-order valence-electron chi connectivity index (χ4n) is 3.31. The highest BCUT2D eigenvalue weighted by atomic mass is 16.4. The minimum Gasteiger partial charge on any atom is -0.480 e. The quantitative estimate of drug-likeness (QED) is 0.767. The maximum absolute atomic E-state index is 12.3. The van der Waals surface area contributed by atoms with Crippen LogP contribution in [0.25, 0.3) is 0 Å². The molecular formula is C19H24N2O4. The zero-order valence-corrected chi connectivity index (χ0v) is 14.2. The van der Waals surface area contributed by atoms with E-state index in [1.54, 1.807) is 0 Å². The Balaban J connectivity index is 1.42. The first-order valence-corrected chi connectivity index (χ1v) is 8.87. The average molecular weight is 344 g/mol. The number of likely N-dealkylation sites (tertiary alicyclic amines) is 1. The summed E-state index contributed by atoms with van der Waals surface area (Å²) in [7, 11) is 0. The van der Waals surface area contributed by atoms with Gasteiger partial charge < -0.3 is 15.3 Å². The van der Waals surface area contributed by atoms with Crippen LogP contribution < -0.4 is 5.32 Å². The number of carboxylic acids is 1. The summed E-state index contributed by atoms with van der Waals surface area (Å²) in [5.41, 5.74) is -0.0378. The number of benzene rings is 1. The van der Waals surface area contributed by atoms with Gasteiger partial charge in [-0.1, -0.05) is 30.3 Å². The van der Waals surface area contributed by atoms with Crippen molar-refractivity contribution in [2.24, 2.45) is 5.41 Å². The summed E-state index contributed by atoms with van der Waals surface area (Å²) in [4.78, 5) is 37.5. The van der Waals surface area contributed by atoms with E-state index in [1.165, 1.54) is 0 Å². The third-order valence-corrected chi connectivity index (χ3v) is 5.25. The van der Waals surface area contributed by atoms with Crippen molar-refractivity contribution < 1.29 is 19.5 Å². The molecule has 3 rings (SSSR count). The lowest BCUT2D eigenvalue weighted by atomic mass is 10.0. The molecule has 0 unspecified atom stereocenters. The Morgan fingerprint density at radius 1 is 1.12 bits per heavy atom. The Labute approximate surface area is 147 Å². The van der Waals surface area contributed by atoms with Crippen LogP contribution in [-0.4, -0.2) is 46.9 Å². The number of carbonyl (C=O) groups is 3. The van der Waals surface area contributed by atoms with Crippen molar-refractivity contribution in [2.75, 3.05) is 13.1 Å². The molecule has 25 heavy (non-hydrogen) atoms. The van der Waals surface area contributed by atoms with Gasteiger partial charge >= 0.3 is 5.97 Å². The number of nitrogens with one attached hydrogen (secondary N) is 1. The summed E-state index contributed by atoms with van der Waals surface area (Å²) in [6.07, 6.45) is 3.42. The summed E-state index contributed by atoms with van der Waals surface area (Å²) in [6.45, 7) is 1.22. The molecule has 1 aromatic carbocycles. The minimum absolute atomic E-state index is 0.0394. The third kappa shape index (κ3) is 4.00. The zero-order valence-electron chi connectivity index (χ0n) is 14.2.